The molecule has 4 rings (SSSR count). The summed E-state index contributed by atoms with van der Waals surface area (Å²) in [5.41, 5.74) is -0.461. The van der Waals surface area contributed by atoms with Gasteiger partial charge in [-0.05, 0) is 54.1 Å². The second-order valence-corrected chi connectivity index (χ2v) is 7.69. The Labute approximate surface area is 198 Å². The number of aliphatic hydroxyl groups is 1. The molecule has 1 amide bonds. The third-order valence-electron chi connectivity index (χ3n) is 5.69. The molecule has 0 spiro atoms. The Morgan fingerprint density at radius 3 is 2.23 bits per heavy atom. The lowest BCUT2D eigenvalue weighted by molar-refractivity contribution is -0.137. The molecule has 0 aromatic heterocycles. The quantitative estimate of drug-likeness (QED) is 0.301. The first-order valence-corrected chi connectivity index (χ1v) is 10.4. The van der Waals surface area contributed by atoms with Crippen molar-refractivity contribution in [2.45, 2.75) is 12.2 Å². The Hall–Kier alpha value is -4.27. The number of alkyl halides is 3. The molecule has 35 heavy (non-hydrogen) atoms. The van der Waals surface area contributed by atoms with Gasteiger partial charge in [-0.2, -0.15) is 13.2 Å². The fraction of sp³-hybridized carbons (Fsp3) is 0.154. The highest BCUT2D eigenvalue weighted by atomic mass is 19.4. The van der Waals surface area contributed by atoms with E-state index in [1.807, 2.05) is 0 Å². The Balaban J connectivity index is 1.94. The van der Waals surface area contributed by atoms with Crippen molar-refractivity contribution in [3.63, 3.8) is 0 Å². The Morgan fingerprint density at radius 1 is 0.914 bits per heavy atom. The maximum Gasteiger partial charge on any atom is 0.416 e. The van der Waals surface area contributed by atoms with Crippen molar-refractivity contribution in [2.75, 3.05) is 19.1 Å². The van der Waals surface area contributed by atoms with Gasteiger partial charge in [0.05, 0.1) is 37.0 Å². The molecule has 180 valence electrons. The molecule has 0 bridgehead atoms. The maximum absolute atomic E-state index is 13.2. The highest BCUT2D eigenvalue weighted by Crippen LogP contribution is 2.44. The number of methoxy groups -OCH3 is 2. The highest BCUT2D eigenvalue weighted by Gasteiger charge is 2.47. The molecule has 1 saturated heterocycles. The second-order valence-electron chi connectivity index (χ2n) is 7.69. The first-order chi connectivity index (χ1) is 16.7. The molecule has 1 heterocycles. The van der Waals surface area contributed by atoms with Gasteiger partial charge >= 0.3 is 6.18 Å². The summed E-state index contributed by atoms with van der Waals surface area (Å²) in [5, 5.41) is 11.2. The zero-order valence-corrected chi connectivity index (χ0v) is 18.7. The predicted octanol–water partition coefficient (Wildman–Crippen LogP) is 5.35. The molecular weight excluding hydrogens is 463 g/mol. The van der Waals surface area contributed by atoms with Crippen molar-refractivity contribution in [1.82, 2.24) is 0 Å². The molecule has 1 unspecified atom stereocenters. The lowest BCUT2D eigenvalue weighted by atomic mass is 9.94. The van der Waals surface area contributed by atoms with Crippen LogP contribution < -0.4 is 14.4 Å². The summed E-state index contributed by atoms with van der Waals surface area (Å²) in [6, 6.07) is 15.7. The molecule has 1 aliphatic heterocycles. The molecule has 1 N–H and O–H groups in total. The summed E-state index contributed by atoms with van der Waals surface area (Å²) in [4.78, 5) is 27.4. The topological polar surface area (TPSA) is 76.1 Å². The third kappa shape index (κ3) is 4.32. The molecule has 1 atom stereocenters. The zero-order chi connectivity index (χ0) is 25.3. The Morgan fingerprint density at radius 2 is 1.60 bits per heavy atom. The fourth-order valence-electron chi connectivity index (χ4n) is 4.02. The van der Waals surface area contributed by atoms with Crippen LogP contribution in [-0.4, -0.2) is 31.0 Å². The van der Waals surface area contributed by atoms with E-state index in [2.05, 4.69) is 0 Å². The largest absolute Gasteiger partial charge is 0.507 e. The van der Waals surface area contributed by atoms with Gasteiger partial charge in [-0.3, -0.25) is 14.5 Å². The molecule has 1 fully saturated rings. The van der Waals surface area contributed by atoms with E-state index in [1.54, 1.807) is 42.5 Å². The number of nitrogens with zero attached hydrogens (tertiary/aromatic N) is 1. The molecule has 9 heteroatoms. The van der Waals surface area contributed by atoms with Crippen molar-refractivity contribution < 1.29 is 37.3 Å². The van der Waals surface area contributed by atoms with E-state index in [0.717, 1.165) is 29.2 Å². The normalized spacial score (nSPS) is 17.5. The number of aliphatic hydroxyl groups excluding tert-OH is 1. The number of halogens is 3. The van der Waals surface area contributed by atoms with Crippen molar-refractivity contribution in [1.29, 1.82) is 0 Å². The van der Waals surface area contributed by atoms with E-state index in [0.29, 0.717) is 11.3 Å². The van der Waals surface area contributed by atoms with Crippen LogP contribution in [0.1, 0.15) is 22.7 Å². The number of carbonyl (C=O) groups excluding carboxylic acids is 2. The van der Waals surface area contributed by atoms with Gasteiger partial charge in [0.1, 0.15) is 17.3 Å². The van der Waals surface area contributed by atoms with Crippen LogP contribution in [0.3, 0.4) is 0 Å². The number of ketones is 1. The van der Waals surface area contributed by atoms with Gasteiger partial charge in [0.2, 0.25) is 0 Å². The SMILES string of the molecule is COc1cccc(C2/C(=C(\O)c3ccccc3OC)C(=O)C(=O)N2c2ccc(C(F)(F)F)cc2)c1. The fourth-order valence-corrected chi connectivity index (χ4v) is 4.02. The van der Waals surface area contributed by atoms with Gasteiger partial charge in [-0.25, -0.2) is 0 Å². The second kappa shape index (κ2) is 9.17. The van der Waals surface area contributed by atoms with Gasteiger partial charge < -0.3 is 14.6 Å². The van der Waals surface area contributed by atoms with E-state index < -0.39 is 35.2 Å². The minimum atomic E-state index is -4.57. The van der Waals surface area contributed by atoms with Crippen LogP contribution in [0, 0.1) is 0 Å². The monoisotopic (exact) mass is 483 g/mol. The van der Waals surface area contributed by atoms with E-state index in [1.165, 1.54) is 20.3 Å². The van der Waals surface area contributed by atoms with Crippen molar-refractivity contribution >= 4 is 23.1 Å². The van der Waals surface area contributed by atoms with Crippen LogP contribution in [0.4, 0.5) is 18.9 Å². The number of para-hydroxylation sites is 1. The summed E-state index contributed by atoms with van der Waals surface area (Å²) in [6.45, 7) is 0. The number of carbonyl (C=O) groups is 2. The minimum Gasteiger partial charge on any atom is -0.507 e. The molecule has 0 aliphatic carbocycles. The van der Waals surface area contributed by atoms with Crippen LogP contribution in [0.5, 0.6) is 11.5 Å². The molecule has 1 aliphatic rings. The van der Waals surface area contributed by atoms with Crippen LogP contribution in [0.2, 0.25) is 0 Å². The van der Waals surface area contributed by atoms with Crippen LogP contribution in [0.25, 0.3) is 5.76 Å². The number of ether oxygens (including phenoxy) is 2. The molecule has 3 aromatic carbocycles. The lowest BCUT2D eigenvalue weighted by Gasteiger charge is -2.26. The van der Waals surface area contributed by atoms with E-state index in [-0.39, 0.29) is 22.6 Å². The van der Waals surface area contributed by atoms with Gasteiger partial charge in [-0.1, -0.05) is 24.3 Å². The number of hydrogen-bond donors (Lipinski definition) is 1. The molecule has 6 nitrogen and oxygen atoms in total. The minimum absolute atomic E-state index is 0.0620. The van der Waals surface area contributed by atoms with Gasteiger partial charge in [0.25, 0.3) is 11.7 Å². The van der Waals surface area contributed by atoms with Crippen molar-refractivity contribution in [3.8, 4) is 11.5 Å². The van der Waals surface area contributed by atoms with Crippen molar-refractivity contribution in [3.05, 3.63) is 95.1 Å². The number of rotatable bonds is 5. The van der Waals surface area contributed by atoms with Gasteiger partial charge in [0, 0.05) is 5.69 Å². The van der Waals surface area contributed by atoms with Crippen molar-refractivity contribution in [2.24, 2.45) is 0 Å². The van der Waals surface area contributed by atoms with Crippen LogP contribution in [-0.2, 0) is 15.8 Å². The van der Waals surface area contributed by atoms with Gasteiger partial charge in [0.15, 0.2) is 0 Å². The highest BCUT2D eigenvalue weighted by molar-refractivity contribution is 6.51. The summed E-state index contributed by atoms with van der Waals surface area (Å²) in [5.74, 6) is -1.74. The number of Topliss-reactive ketones (excluding diaryl/α,β-unsaturated/α-hetero) is 1. The predicted molar refractivity (Wildman–Crippen MR) is 122 cm³/mol. The average molecular weight is 483 g/mol. The standard InChI is InChI=1S/C26H20F3NO5/c1-34-18-7-5-6-15(14-18)22-21(23(31)19-8-3-4-9-20(19)35-2)24(32)25(33)30(22)17-12-10-16(11-13-17)26(27,28)29/h3-14,22,31H,1-2H3/b23-21+. The molecule has 0 saturated carbocycles. The molecular formula is C26H20F3NO5. The molecule has 3 aromatic rings. The van der Waals surface area contributed by atoms with Gasteiger partial charge in [-0.15, -0.1) is 0 Å². The van der Waals surface area contributed by atoms with Crippen LogP contribution >= 0.6 is 0 Å². The van der Waals surface area contributed by atoms with E-state index in [4.69, 9.17) is 9.47 Å². The lowest BCUT2D eigenvalue weighted by Crippen LogP contribution is -2.29. The van der Waals surface area contributed by atoms with E-state index in [9.17, 15) is 27.9 Å². The third-order valence-corrected chi connectivity index (χ3v) is 5.69. The first kappa shape index (κ1) is 23.9. The summed E-state index contributed by atoms with van der Waals surface area (Å²) in [6.07, 6.45) is -4.57. The average Bonchev–Trinajstić information content (AvgIpc) is 3.13. The summed E-state index contributed by atoms with van der Waals surface area (Å²) < 4.78 is 49.8. The smallest absolute Gasteiger partial charge is 0.416 e. The molecule has 0 radical (unpaired) electrons. The van der Waals surface area contributed by atoms with E-state index >= 15 is 0 Å². The number of benzene rings is 3. The summed E-state index contributed by atoms with van der Waals surface area (Å²) in [7, 11) is 2.84. The Kier molecular flexibility index (Phi) is 6.26. The maximum atomic E-state index is 13.2. The number of hydrogen-bond acceptors (Lipinski definition) is 5. The number of anilines is 1. The summed E-state index contributed by atoms with van der Waals surface area (Å²) >= 11 is 0. The first-order valence-electron chi connectivity index (χ1n) is 10.4. The zero-order valence-electron chi connectivity index (χ0n) is 18.7. The van der Waals surface area contributed by atoms with Crippen LogP contribution in [0.15, 0.2) is 78.4 Å². The number of amides is 1. The Bertz CT molecular complexity index is 1320.